The van der Waals surface area contributed by atoms with Crippen LogP contribution in [0.3, 0.4) is 0 Å². The van der Waals surface area contributed by atoms with Crippen molar-refractivity contribution in [1.82, 2.24) is 5.01 Å². The number of allylic oxidation sites excluding steroid dienone is 3. The van der Waals surface area contributed by atoms with Crippen molar-refractivity contribution in [2.45, 2.75) is 6.92 Å². The summed E-state index contributed by atoms with van der Waals surface area (Å²) in [5.41, 5.74) is 0. The molecule has 0 bridgehead atoms. The van der Waals surface area contributed by atoms with Crippen LogP contribution in [0.1, 0.15) is 6.92 Å². The quantitative estimate of drug-likeness (QED) is 0.326. The van der Waals surface area contributed by atoms with Gasteiger partial charge in [-0.15, -0.1) is 0 Å². The van der Waals surface area contributed by atoms with E-state index in [0.29, 0.717) is 0 Å². The van der Waals surface area contributed by atoms with Crippen molar-refractivity contribution in [3.8, 4) is 0 Å². The molecule has 0 aromatic rings. The first-order valence-electron chi connectivity index (χ1n) is 2.54. The van der Waals surface area contributed by atoms with E-state index in [1.165, 1.54) is 5.01 Å². The SMILES string of the molecule is C/C=C\C=C/N(C)N. The molecule has 2 heteroatoms. The van der Waals surface area contributed by atoms with Crippen molar-refractivity contribution in [1.29, 1.82) is 0 Å². The lowest BCUT2D eigenvalue weighted by molar-refractivity contribution is 0.485. The number of nitrogens with zero attached hydrogens (tertiary/aromatic N) is 1. The molecule has 0 aromatic carbocycles. The highest BCUT2D eigenvalue weighted by atomic mass is 15.4. The highest BCUT2D eigenvalue weighted by molar-refractivity contribution is 4.99. The van der Waals surface area contributed by atoms with Crippen molar-refractivity contribution >= 4 is 0 Å². The molecule has 0 aliphatic rings. The molecular formula is C6H12N2. The zero-order valence-electron chi connectivity index (χ0n) is 5.33. The molecule has 0 spiro atoms. The van der Waals surface area contributed by atoms with Gasteiger partial charge < -0.3 is 5.01 Å². The third kappa shape index (κ3) is 5.24. The molecule has 46 valence electrons. The largest absolute Gasteiger partial charge is 0.321 e. The standard InChI is InChI=1S/C6H12N2/c1-3-4-5-6-8(2)7/h3-6H,7H2,1-2H3/b4-3-,6-5-. The van der Waals surface area contributed by atoms with E-state index in [4.69, 9.17) is 5.84 Å². The molecule has 0 radical (unpaired) electrons. The third-order valence-electron chi connectivity index (χ3n) is 0.625. The van der Waals surface area contributed by atoms with Gasteiger partial charge >= 0.3 is 0 Å². The summed E-state index contributed by atoms with van der Waals surface area (Å²) in [6.07, 6.45) is 7.52. The van der Waals surface area contributed by atoms with E-state index in [1.807, 2.05) is 25.2 Å². The van der Waals surface area contributed by atoms with Crippen LogP contribution in [-0.4, -0.2) is 12.1 Å². The number of rotatable bonds is 2. The van der Waals surface area contributed by atoms with E-state index >= 15 is 0 Å². The summed E-state index contributed by atoms with van der Waals surface area (Å²) in [5, 5.41) is 1.50. The molecule has 0 rings (SSSR count). The second kappa shape index (κ2) is 4.40. The molecule has 0 fully saturated rings. The van der Waals surface area contributed by atoms with Gasteiger partial charge in [-0.1, -0.05) is 12.2 Å². The summed E-state index contributed by atoms with van der Waals surface area (Å²) in [4.78, 5) is 0. The van der Waals surface area contributed by atoms with Crippen LogP contribution in [0.4, 0.5) is 0 Å². The van der Waals surface area contributed by atoms with Gasteiger partial charge in [-0.25, -0.2) is 5.84 Å². The van der Waals surface area contributed by atoms with Gasteiger partial charge in [0.05, 0.1) is 0 Å². The van der Waals surface area contributed by atoms with Crippen LogP contribution in [0.15, 0.2) is 24.4 Å². The average Bonchev–Trinajstić information content (AvgIpc) is 1.66. The Morgan fingerprint density at radius 3 is 2.38 bits per heavy atom. The van der Waals surface area contributed by atoms with Crippen LogP contribution >= 0.6 is 0 Å². The van der Waals surface area contributed by atoms with Crippen molar-refractivity contribution in [2.24, 2.45) is 5.84 Å². The second-order valence-corrected chi connectivity index (χ2v) is 1.53. The molecule has 0 unspecified atom stereocenters. The molecule has 0 aliphatic carbocycles. The summed E-state index contributed by atoms with van der Waals surface area (Å²) in [5.74, 6) is 5.25. The number of nitrogens with two attached hydrogens (primary N) is 1. The Labute approximate surface area is 50.3 Å². The smallest absolute Gasteiger partial charge is 0.0222 e. The van der Waals surface area contributed by atoms with Gasteiger partial charge in [-0.3, -0.25) is 0 Å². The van der Waals surface area contributed by atoms with Gasteiger partial charge in [-0.2, -0.15) is 0 Å². The van der Waals surface area contributed by atoms with Crippen molar-refractivity contribution in [3.05, 3.63) is 24.4 Å². The fraction of sp³-hybridized carbons (Fsp3) is 0.333. The predicted octanol–water partition coefficient (Wildman–Crippen LogP) is 0.882. The van der Waals surface area contributed by atoms with Crippen LogP contribution in [0.25, 0.3) is 0 Å². The molecule has 2 N–H and O–H groups in total. The number of hydrazine groups is 1. The topological polar surface area (TPSA) is 29.3 Å². The van der Waals surface area contributed by atoms with Crippen LogP contribution in [0, 0.1) is 0 Å². The molecule has 0 atom stereocenters. The molecule has 8 heavy (non-hydrogen) atoms. The van der Waals surface area contributed by atoms with Crippen LogP contribution < -0.4 is 5.84 Å². The highest BCUT2D eigenvalue weighted by Gasteiger charge is 1.68. The maximum Gasteiger partial charge on any atom is 0.0222 e. The minimum absolute atomic E-state index is 1.50. The van der Waals surface area contributed by atoms with Gasteiger partial charge in [0, 0.05) is 13.2 Å². The lowest BCUT2D eigenvalue weighted by Crippen LogP contribution is -2.17. The Balaban J connectivity index is 3.34. The Kier molecular flexibility index (Phi) is 3.98. The molecule has 0 aromatic heterocycles. The summed E-state index contributed by atoms with van der Waals surface area (Å²) in [6, 6.07) is 0. The predicted molar refractivity (Wildman–Crippen MR) is 35.9 cm³/mol. The van der Waals surface area contributed by atoms with E-state index in [9.17, 15) is 0 Å². The first-order chi connectivity index (χ1) is 3.77. The highest BCUT2D eigenvalue weighted by Crippen LogP contribution is 1.75. The zero-order valence-corrected chi connectivity index (χ0v) is 5.33. The molecule has 0 saturated heterocycles. The van der Waals surface area contributed by atoms with Crippen molar-refractivity contribution < 1.29 is 0 Å². The van der Waals surface area contributed by atoms with Crippen molar-refractivity contribution in [2.75, 3.05) is 7.05 Å². The lowest BCUT2D eigenvalue weighted by atomic mass is 10.5. The monoisotopic (exact) mass is 112 g/mol. The van der Waals surface area contributed by atoms with Gasteiger partial charge in [0.1, 0.15) is 0 Å². The lowest BCUT2D eigenvalue weighted by Gasteiger charge is -2.00. The fourth-order valence-electron chi connectivity index (χ4n) is 0.297. The van der Waals surface area contributed by atoms with E-state index in [2.05, 4.69) is 0 Å². The second-order valence-electron chi connectivity index (χ2n) is 1.53. The molecule has 2 nitrogen and oxygen atoms in total. The fourth-order valence-corrected chi connectivity index (χ4v) is 0.297. The van der Waals surface area contributed by atoms with Gasteiger partial charge in [0.15, 0.2) is 0 Å². The summed E-state index contributed by atoms with van der Waals surface area (Å²) in [7, 11) is 1.78. The van der Waals surface area contributed by atoms with Crippen LogP contribution in [-0.2, 0) is 0 Å². The molecule has 0 aliphatic heterocycles. The minimum atomic E-state index is 1.50. The summed E-state index contributed by atoms with van der Waals surface area (Å²) < 4.78 is 0. The summed E-state index contributed by atoms with van der Waals surface area (Å²) in [6.45, 7) is 1.96. The van der Waals surface area contributed by atoms with E-state index < -0.39 is 0 Å². The molecular weight excluding hydrogens is 100 g/mol. The van der Waals surface area contributed by atoms with Gasteiger partial charge in [-0.05, 0) is 13.0 Å². The maximum absolute atomic E-state index is 5.25. The van der Waals surface area contributed by atoms with Crippen LogP contribution in [0.2, 0.25) is 0 Å². The molecule has 0 heterocycles. The molecule has 0 amide bonds. The van der Waals surface area contributed by atoms with E-state index in [-0.39, 0.29) is 0 Å². The Morgan fingerprint density at radius 1 is 1.38 bits per heavy atom. The average molecular weight is 112 g/mol. The Morgan fingerprint density at radius 2 is 2.00 bits per heavy atom. The van der Waals surface area contributed by atoms with E-state index in [0.717, 1.165) is 0 Å². The number of hydrogen-bond acceptors (Lipinski definition) is 2. The maximum atomic E-state index is 5.25. The zero-order chi connectivity index (χ0) is 6.41. The van der Waals surface area contributed by atoms with Gasteiger partial charge in [0.2, 0.25) is 0 Å². The van der Waals surface area contributed by atoms with Crippen LogP contribution in [0.5, 0.6) is 0 Å². The van der Waals surface area contributed by atoms with Crippen molar-refractivity contribution in [3.63, 3.8) is 0 Å². The van der Waals surface area contributed by atoms with Gasteiger partial charge in [0.25, 0.3) is 0 Å². The minimum Gasteiger partial charge on any atom is -0.321 e. The first kappa shape index (κ1) is 7.24. The number of hydrogen-bond donors (Lipinski definition) is 1. The Bertz CT molecular complexity index is 92.7. The first-order valence-corrected chi connectivity index (χ1v) is 2.54. The third-order valence-corrected chi connectivity index (χ3v) is 0.625. The van der Waals surface area contributed by atoms with E-state index in [1.54, 1.807) is 13.2 Å². The summed E-state index contributed by atoms with van der Waals surface area (Å²) >= 11 is 0. The molecule has 0 saturated carbocycles. The Hall–Kier alpha value is -0.760. The normalized spacial score (nSPS) is 11.4.